The highest BCUT2D eigenvalue weighted by Gasteiger charge is 2.11. The van der Waals surface area contributed by atoms with E-state index in [9.17, 15) is 4.79 Å². The molecule has 15 heavy (non-hydrogen) atoms. The Bertz CT molecular complexity index is 321. The van der Waals surface area contributed by atoms with Crippen LogP contribution in [0.15, 0.2) is 24.3 Å². The standard InChI is InChI=1S/C11H15NO3/c1-2-15-11(14)7-10(12)8-3-5-9(13)6-4-8/h3-6,10,13H,2,7,12H2,1H3. The maximum atomic E-state index is 11.1. The van der Waals surface area contributed by atoms with E-state index in [2.05, 4.69) is 0 Å². The molecule has 0 amide bonds. The first-order valence-corrected chi connectivity index (χ1v) is 4.83. The molecule has 1 atom stereocenters. The number of hydrogen-bond acceptors (Lipinski definition) is 4. The Hall–Kier alpha value is -1.55. The normalized spacial score (nSPS) is 12.1. The highest BCUT2D eigenvalue weighted by Crippen LogP contribution is 2.17. The van der Waals surface area contributed by atoms with Gasteiger partial charge in [-0.25, -0.2) is 0 Å². The van der Waals surface area contributed by atoms with Crippen molar-refractivity contribution in [1.82, 2.24) is 0 Å². The number of hydrogen-bond donors (Lipinski definition) is 2. The summed E-state index contributed by atoms with van der Waals surface area (Å²) in [6, 6.07) is 6.09. The Morgan fingerprint density at radius 3 is 2.60 bits per heavy atom. The number of esters is 1. The third-order valence-electron chi connectivity index (χ3n) is 2.01. The molecule has 0 saturated heterocycles. The van der Waals surface area contributed by atoms with Gasteiger partial charge >= 0.3 is 5.97 Å². The van der Waals surface area contributed by atoms with Crippen molar-refractivity contribution < 1.29 is 14.6 Å². The van der Waals surface area contributed by atoms with E-state index in [1.807, 2.05) is 0 Å². The summed E-state index contributed by atoms with van der Waals surface area (Å²) in [4.78, 5) is 11.1. The Morgan fingerprint density at radius 2 is 2.07 bits per heavy atom. The van der Waals surface area contributed by atoms with Gasteiger partial charge in [-0.2, -0.15) is 0 Å². The number of carbonyl (C=O) groups excluding carboxylic acids is 1. The fourth-order valence-electron chi connectivity index (χ4n) is 1.24. The monoisotopic (exact) mass is 209 g/mol. The molecule has 0 fully saturated rings. The lowest BCUT2D eigenvalue weighted by molar-refractivity contribution is -0.143. The van der Waals surface area contributed by atoms with Gasteiger partial charge in [0.05, 0.1) is 13.0 Å². The third kappa shape index (κ3) is 3.59. The molecule has 3 N–H and O–H groups in total. The van der Waals surface area contributed by atoms with Crippen LogP contribution in [0.5, 0.6) is 5.75 Å². The second kappa shape index (κ2) is 5.36. The highest BCUT2D eigenvalue weighted by atomic mass is 16.5. The summed E-state index contributed by atoms with van der Waals surface area (Å²) in [5.41, 5.74) is 6.60. The molecule has 0 aliphatic heterocycles. The lowest BCUT2D eigenvalue weighted by Crippen LogP contribution is -2.17. The van der Waals surface area contributed by atoms with Gasteiger partial charge in [-0.1, -0.05) is 12.1 Å². The Labute approximate surface area is 88.7 Å². The molecule has 0 saturated carbocycles. The third-order valence-corrected chi connectivity index (χ3v) is 2.01. The first kappa shape index (κ1) is 11.5. The zero-order valence-electron chi connectivity index (χ0n) is 8.64. The molecule has 4 heteroatoms. The smallest absolute Gasteiger partial charge is 0.307 e. The fourth-order valence-corrected chi connectivity index (χ4v) is 1.24. The molecular formula is C11H15NO3. The van der Waals surface area contributed by atoms with Gasteiger partial charge in [0.25, 0.3) is 0 Å². The maximum Gasteiger partial charge on any atom is 0.307 e. The number of carbonyl (C=O) groups is 1. The van der Waals surface area contributed by atoms with Gasteiger partial charge in [0.2, 0.25) is 0 Å². The maximum absolute atomic E-state index is 11.1. The molecular weight excluding hydrogens is 194 g/mol. The predicted octanol–water partition coefficient (Wildman–Crippen LogP) is 1.35. The largest absolute Gasteiger partial charge is 0.508 e. The topological polar surface area (TPSA) is 72.5 Å². The second-order valence-electron chi connectivity index (χ2n) is 3.21. The number of rotatable bonds is 4. The highest BCUT2D eigenvalue weighted by molar-refractivity contribution is 5.70. The van der Waals surface area contributed by atoms with Gasteiger partial charge < -0.3 is 15.6 Å². The predicted molar refractivity (Wildman–Crippen MR) is 56.3 cm³/mol. The van der Waals surface area contributed by atoms with Crippen LogP contribution in [0.25, 0.3) is 0 Å². The van der Waals surface area contributed by atoms with Crippen molar-refractivity contribution in [2.24, 2.45) is 5.73 Å². The van der Waals surface area contributed by atoms with E-state index in [1.165, 1.54) is 0 Å². The Balaban J connectivity index is 2.57. The van der Waals surface area contributed by atoms with Crippen LogP contribution in [0.1, 0.15) is 24.9 Å². The molecule has 1 rings (SSSR count). The van der Waals surface area contributed by atoms with E-state index >= 15 is 0 Å². The summed E-state index contributed by atoms with van der Waals surface area (Å²) in [5.74, 6) is -0.125. The van der Waals surface area contributed by atoms with Gasteiger partial charge in [-0.15, -0.1) is 0 Å². The van der Waals surface area contributed by atoms with Gasteiger partial charge in [0.15, 0.2) is 0 Å². The van der Waals surface area contributed by atoms with E-state index in [-0.39, 0.29) is 24.2 Å². The molecule has 82 valence electrons. The van der Waals surface area contributed by atoms with Crippen molar-refractivity contribution in [3.63, 3.8) is 0 Å². The van der Waals surface area contributed by atoms with Crippen LogP contribution in [0, 0.1) is 0 Å². The molecule has 1 aromatic carbocycles. The molecule has 0 aliphatic carbocycles. The van der Waals surface area contributed by atoms with Gasteiger partial charge in [0, 0.05) is 6.04 Å². The Morgan fingerprint density at radius 1 is 1.47 bits per heavy atom. The van der Waals surface area contributed by atoms with Crippen LogP contribution in [0.3, 0.4) is 0 Å². The van der Waals surface area contributed by atoms with Crippen molar-refractivity contribution in [2.45, 2.75) is 19.4 Å². The van der Waals surface area contributed by atoms with E-state index in [0.717, 1.165) is 5.56 Å². The zero-order chi connectivity index (χ0) is 11.3. The van der Waals surface area contributed by atoms with Crippen molar-refractivity contribution >= 4 is 5.97 Å². The minimum Gasteiger partial charge on any atom is -0.508 e. The first-order chi connectivity index (χ1) is 7.13. The summed E-state index contributed by atoms with van der Waals surface area (Å²) in [7, 11) is 0. The van der Waals surface area contributed by atoms with Crippen LogP contribution in [-0.2, 0) is 9.53 Å². The molecule has 0 aliphatic rings. The lowest BCUT2D eigenvalue weighted by atomic mass is 10.0. The van der Waals surface area contributed by atoms with Gasteiger partial charge in [0.1, 0.15) is 5.75 Å². The summed E-state index contributed by atoms with van der Waals surface area (Å²) < 4.78 is 4.79. The van der Waals surface area contributed by atoms with Crippen molar-refractivity contribution in [1.29, 1.82) is 0 Å². The molecule has 0 radical (unpaired) electrons. The molecule has 0 heterocycles. The number of phenolic OH excluding ortho intramolecular Hbond substituents is 1. The molecule has 4 nitrogen and oxygen atoms in total. The van der Waals surface area contributed by atoms with Gasteiger partial charge in [-0.3, -0.25) is 4.79 Å². The SMILES string of the molecule is CCOC(=O)CC(N)c1ccc(O)cc1. The first-order valence-electron chi connectivity index (χ1n) is 4.83. The van der Waals surface area contributed by atoms with Crippen molar-refractivity contribution in [3.8, 4) is 5.75 Å². The van der Waals surface area contributed by atoms with Crippen LogP contribution in [0.4, 0.5) is 0 Å². The molecule has 0 bridgehead atoms. The van der Waals surface area contributed by atoms with E-state index in [0.29, 0.717) is 6.61 Å². The summed E-state index contributed by atoms with van der Waals surface area (Å²) in [6.45, 7) is 2.12. The van der Waals surface area contributed by atoms with Gasteiger partial charge in [-0.05, 0) is 24.6 Å². The minimum absolute atomic E-state index is 0.151. The average Bonchev–Trinajstić information content (AvgIpc) is 2.18. The molecule has 0 spiro atoms. The quantitative estimate of drug-likeness (QED) is 0.734. The second-order valence-corrected chi connectivity index (χ2v) is 3.21. The summed E-state index contributed by atoms with van der Waals surface area (Å²) >= 11 is 0. The zero-order valence-corrected chi connectivity index (χ0v) is 8.64. The van der Waals surface area contributed by atoms with Crippen molar-refractivity contribution in [3.05, 3.63) is 29.8 Å². The van der Waals surface area contributed by atoms with E-state index in [1.54, 1.807) is 31.2 Å². The number of aromatic hydroxyl groups is 1. The number of benzene rings is 1. The van der Waals surface area contributed by atoms with Crippen LogP contribution >= 0.6 is 0 Å². The number of ether oxygens (including phenoxy) is 1. The minimum atomic E-state index is -0.385. The lowest BCUT2D eigenvalue weighted by Gasteiger charge is -2.10. The van der Waals surface area contributed by atoms with E-state index < -0.39 is 0 Å². The Kier molecular flexibility index (Phi) is 4.12. The number of nitrogens with two attached hydrogens (primary N) is 1. The fraction of sp³-hybridized carbons (Fsp3) is 0.364. The van der Waals surface area contributed by atoms with Crippen molar-refractivity contribution in [2.75, 3.05) is 6.61 Å². The number of phenols is 1. The van der Waals surface area contributed by atoms with E-state index in [4.69, 9.17) is 15.6 Å². The average molecular weight is 209 g/mol. The summed E-state index contributed by atoms with van der Waals surface area (Å²) in [5, 5.41) is 9.07. The van der Waals surface area contributed by atoms with Crippen LogP contribution < -0.4 is 5.73 Å². The molecule has 0 aromatic heterocycles. The van der Waals surface area contributed by atoms with Crippen LogP contribution in [0.2, 0.25) is 0 Å². The molecule has 1 aromatic rings. The summed E-state index contributed by atoms with van der Waals surface area (Å²) in [6.07, 6.45) is 0.151. The molecule has 1 unspecified atom stereocenters. The van der Waals surface area contributed by atoms with Crippen LogP contribution in [-0.4, -0.2) is 17.7 Å².